The minimum Gasteiger partial charge on any atom is -0.478 e. The zero-order valence-corrected chi connectivity index (χ0v) is 10.9. The van der Waals surface area contributed by atoms with Gasteiger partial charge in [0, 0.05) is 0 Å². The first-order chi connectivity index (χ1) is 9.78. The summed E-state index contributed by atoms with van der Waals surface area (Å²) >= 11 is 0. The monoisotopic (exact) mass is 296 g/mol. The molecule has 0 unspecified atom stereocenters. The molecule has 0 saturated heterocycles. The number of hydrogen-bond donors (Lipinski definition) is 1. The smallest absolute Gasteiger partial charge is 0.478 e. The van der Waals surface area contributed by atoms with Gasteiger partial charge < -0.3 is 9.84 Å². The molecule has 3 nitrogen and oxygen atoms in total. The number of alkyl halides is 3. The van der Waals surface area contributed by atoms with Crippen molar-refractivity contribution in [3.63, 3.8) is 0 Å². The second-order valence-corrected chi connectivity index (χ2v) is 4.37. The zero-order chi connectivity index (χ0) is 15.6. The van der Waals surface area contributed by atoms with Gasteiger partial charge in [-0.1, -0.05) is 30.3 Å². The Labute approximate surface area is 118 Å². The third-order valence-corrected chi connectivity index (χ3v) is 2.89. The summed E-state index contributed by atoms with van der Waals surface area (Å²) in [6.07, 6.45) is -4.75. The lowest BCUT2D eigenvalue weighted by atomic mass is 9.96. The Balaban J connectivity index is 2.40. The molecule has 110 valence electrons. The van der Waals surface area contributed by atoms with E-state index in [4.69, 9.17) is 0 Å². The van der Waals surface area contributed by atoms with Crippen LogP contribution in [-0.4, -0.2) is 17.4 Å². The number of ether oxygens (including phenoxy) is 1. The fourth-order valence-electron chi connectivity index (χ4n) is 2.03. The molecular weight excluding hydrogens is 285 g/mol. The highest BCUT2D eigenvalue weighted by atomic mass is 19.4. The highest BCUT2D eigenvalue weighted by Gasteiger charge is 2.31. The highest BCUT2D eigenvalue weighted by Crippen LogP contribution is 2.29. The minimum atomic E-state index is -4.75. The molecule has 2 rings (SSSR count). The van der Waals surface area contributed by atoms with Crippen molar-refractivity contribution < 1.29 is 27.8 Å². The second-order valence-electron chi connectivity index (χ2n) is 4.37. The Kier molecular flexibility index (Phi) is 3.88. The van der Waals surface area contributed by atoms with Crippen LogP contribution in [0, 0.1) is 6.92 Å². The fraction of sp³-hybridized carbons (Fsp3) is 0.133. The molecule has 0 radical (unpaired) electrons. The SMILES string of the molecule is Cc1cccc(-c2ccc(OC(F)(F)F)cc2)c1C(=O)O. The molecule has 1 N–H and O–H groups in total. The molecule has 0 spiro atoms. The van der Waals surface area contributed by atoms with Gasteiger partial charge in [-0.25, -0.2) is 4.79 Å². The van der Waals surface area contributed by atoms with E-state index < -0.39 is 12.3 Å². The molecule has 0 aromatic heterocycles. The van der Waals surface area contributed by atoms with E-state index in [1.165, 1.54) is 12.1 Å². The highest BCUT2D eigenvalue weighted by molar-refractivity contribution is 5.97. The maximum atomic E-state index is 12.1. The number of carbonyl (C=O) groups is 1. The van der Waals surface area contributed by atoms with Crippen LogP contribution < -0.4 is 4.74 Å². The van der Waals surface area contributed by atoms with Gasteiger partial charge in [0.05, 0.1) is 5.56 Å². The van der Waals surface area contributed by atoms with Crippen molar-refractivity contribution in [2.24, 2.45) is 0 Å². The molecule has 0 aliphatic rings. The largest absolute Gasteiger partial charge is 0.573 e. The molecule has 2 aromatic rings. The first kappa shape index (κ1) is 14.9. The second kappa shape index (κ2) is 5.47. The average Bonchev–Trinajstić information content (AvgIpc) is 2.37. The summed E-state index contributed by atoms with van der Waals surface area (Å²) < 4.78 is 40.0. The van der Waals surface area contributed by atoms with E-state index in [0.717, 1.165) is 12.1 Å². The van der Waals surface area contributed by atoms with Crippen LogP contribution in [0.15, 0.2) is 42.5 Å². The third kappa shape index (κ3) is 3.53. The van der Waals surface area contributed by atoms with Crippen molar-refractivity contribution in [2.75, 3.05) is 0 Å². The van der Waals surface area contributed by atoms with Gasteiger partial charge in [0.15, 0.2) is 0 Å². The molecule has 0 aliphatic heterocycles. The summed E-state index contributed by atoms with van der Waals surface area (Å²) in [5.74, 6) is -1.44. The average molecular weight is 296 g/mol. The van der Waals surface area contributed by atoms with Gasteiger partial charge in [-0.3, -0.25) is 0 Å². The maximum absolute atomic E-state index is 12.1. The van der Waals surface area contributed by atoms with Gasteiger partial charge >= 0.3 is 12.3 Å². The van der Waals surface area contributed by atoms with Crippen molar-refractivity contribution in [3.05, 3.63) is 53.6 Å². The van der Waals surface area contributed by atoms with Crippen LogP contribution >= 0.6 is 0 Å². The molecular formula is C15H11F3O3. The number of carboxylic acid groups (broad SMARTS) is 1. The van der Waals surface area contributed by atoms with E-state index in [-0.39, 0.29) is 11.3 Å². The van der Waals surface area contributed by atoms with Gasteiger partial charge in [0.25, 0.3) is 0 Å². The van der Waals surface area contributed by atoms with Crippen LogP contribution in [0.25, 0.3) is 11.1 Å². The van der Waals surface area contributed by atoms with Crippen LogP contribution in [0.5, 0.6) is 5.75 Å². The molecule has 0 aliphatic carbocycles. The van der Waals surface area contributed by atoms with Gasteiger partial charge in [0.1, 0.15) is 5.75 Å². The van der Waals surface area contributed by atoms with Crippen molar-refractivity contribution in [1.82, 2.24) is 0 Å². The van der Waals surface area contributed by atoms with Crippen LogP contribution in [0.3, 0.4) is 0 Å². The number of benzene rings is 2. The summed E-state index contributed by atoms with van der Waals surface area (Å²) in [7, 11) is 0. The Bertz CT molecular complexity index is 661. The summed E-state index contributed by atoms with van der Waals surface area (Å²) in [5.41, 5.74) is 1.66. The summed E-state index contributed by atoms with van der Waals surface area (Å²) in [5, 5.41) is 9.24. The van der Waals surface area contributed by atoms with Crippen LogP contribution in [0.1, 0.15) is 15.9 Å². The van der Waals surface area contributed by atoms with E-state index in [2.05, 4.69) is 4.74 Å². The van der Waals surface area contributed by atoms with Crippen molar-refractivity contribution in [3.8, 4) is 16.9 Å². The third-order valence-electron chi connectivity index (χ3n) is 2.89. The lowest BCUT2D eigenvalue weighted by Crippen LogP contribution is -2.16. The normalized spacial score (nSPS) is 11.2. The van der Waals surface area contributed by atoms with Gasteiger partial charge in [-0.15, -0.1) is 13.2 Å². The summed E-state index contributed by atoms with van der Waals surface area (Å²) in [4.78, 5) is 11.3. The van der Waals surface area contributed by atoms with Crippen molar-refractivity contribution >= 4 is 5.97 Å². The first-order valence-electron chi connectivity index (χ1n) is 5.97. The van der Waals surface area contributed by atoms with Crippen LogP contribution in [0.4, 0.5) is 13.2 Å². The molecule has 0 atom stereocenters. The summed E-state index contributed by atoms with van der Waals surface area (Å²) in [6, 6.07) is 10.0. The molecule has 0 bridgehead atoms. The van der Waals surface area contributed by atoms with Gasteiger partial charge in [0.2, 0.25) is 0 Å². The van der Waals surface area contributed by atoms with Crippen molar-refractivity contribution in [1.29, 1.82) is 0 Å². The number of aryl methyl sites for hydroxylation is 1. The Morgan fingerprint density at radius 2 is 1.71 bits per heavy atom. The molecule has 6 heteroatoms. The van der Waals surface area contributed by atoms with E-state index in [9.17, 15) is 23.1 Å². The maximum Gasteiger partial charge on any atom is 0.573 e. The van der Waals surface area contributed by atoms with Crippen LogP contribution in [0.2, 0.25) is 0 Å². The Hall–Kier alpha value is -2.50. The lowest BCUT2D eigenvalue weighted by Gasteiger charge is -2.11. The number of carboxylic acids is 1. The van der Waals surface area contributed by atoms with E-state index in [1.807, 2.05) is 0 Å². The predicted molar refractivity (Wildman–Crippen MR) is 70.3 cm³/mol. The molecule has 0 heterocycles. The number of rotatable bonds is 3. The van der Waals surface area contributed by atoms with E-state index in [0.29, 0.717) is 16.7 Å². The Morgan fingerprint density at radius 3 is 2.24 bits per heavy atom. The van der Waals surface area contributed by atoms with Crippen LogP contribution in [-0.2, 0) is 0 Å². The number of aromatic carboxylic acids is 1. The quantitative estimate of drug-likeness (QED) is 0.920. The number of halogens is 3. The zero-order valence-electron chi connectivity index (χ0n) is 10.9. The summed E-state index contributed by atoms with van der Waals surface area (Å²) in [6.45, 7) is 1.66. The molecule has 0 saturated carbocycles. The van der Waals surface area contributed by atoms with Gasteiger partial charge in [-0.05, 0) is 35.7 Å². The predicted octanol–water partition coefficient (Wildman–Crippen LogP) is 4.26. The molecule has 21 heavy (non-hydrogen) atoms. The molecule has 0 amide bonds. The van der Waals surface area contributed by atoms with Gasteiger partial charge in [-0.2, -0.15) is 0 Å². The Morgan fingerprint density at radius 1 is 1.10 bits per heavy atom. The minimum absolute atomic E-state index is 0.127. The number of hydrogen-bond acceptors (Lipinski definition) is 2. The van der Waals surface area contributed by atoms with Crippen molar-refractivity contribution in [2.45, 2.75) is 13.3 Å². The topological polar surface area (TPSA) is 46.5 Å². The van der Waals surface area contributed by atoms with E-state index in [1.54, 1.807) is 25.1 Å². The molecule has 0 fully saturated rings. The molecule has 2 aromatic carbocycles. The standard InChI is InChI=1S/C15H11F3O3/c1-9-3-2-4-12(13(9)14(19)20)10-5-7-11(8-6-10)21-15(16,17)18/h2-8H,1H3,(H,19,20). The lowest BCUT2D eigenvalue weighted by molar-refractivity contribution is -0.274. The van der Waals surface area contributed by atoms with E-state index >= 15 is 0 Å². The first-order valence-corrected chi connectivity index (χ1v) is 5.97. The fourth-order valence-corrected chi connectivity index (χ4v) is 2.03.